The fourth-order valence-electron chi connectivity index (χ4n) is 5.04. The van der Waals surface area contributed by atoms with Gasteiger partial charge in [0, 0.05) is 44.8 Å². The molecule has 0 spiro atoms. The molecule has 2 fully saturated rings. The first-order chi connectivity index (χ1) is 19.2. The van der Waals surface area contributed by atoms with E-state index in [2.05, 4.69) is 22.9 Å². The molecular formula is C29H35N5O4S2. The van der Waals surface area contributed by atoms with Gasteiger partial charge < -0.3 is 19.3 Å². The molecule has 0 radical (unpaired) electrons. The lowest BCUT2D eigenvalue weighted by atomic mass is 10.0. The predicted molar refractivity (Wildman–Crippen MR) is 163 cm³/mol. The van der Waals surface area contributed by atoms with E-state index in [-0.39, 0.29) is 17.0 Å². The number of thioether (sulfide) groups is 1. The summed E-state index contributed by atoms with van der Waals surface area (Å²) in [6.45, 7) is 7.92. The number of carbonyl (C=O) groups is 1. The summed E-state index contributed by atoms with van der Waals surface area (Å²) < 4.78 is 12.9. The van der Waals surface area contributed by atoms with Crippen LogP contribution in [0.15, 0.2) is 27.9 Å². The zero-order valence-corrected chi connectivity index (χ0v) is 25.3. The number of rotatable bonds is 9. The molecule has 0 unspecified atom stereocenters. The second-order valence-corrected chi connectivity index (χ2v) is 11.5. The maximum absolute atomic E-state index is 13.6. The number of aromatic nitrogens is 1. The van der Waals surface area contributed by atoms with Crippen LogP contribution in [0.2, 0.25) is 0 Å². The maximum atomic E-state index is 13.6. The number of amides is 1. The molecule has 0 bridgehead atoms. The third-order valence-electron chi connectivity index (χ3n) is 7.32. The normalized spacial score (nSPS) is 17.1. The van der Waals surface area contributed by atoms with Crippen LogP contribution in [0.3, 0.4) is 0 Å². The topological polar surface area (TPSA) is 91.0 Å². The molecule has 11 heteroatoms. The van der Waals surface area contributed by atoms with Crippen LogP contribution in [0.25, 0.3) is 6.08 Å². The van der Waals surface area contributed by atoms with Gasteiger partial charge in [0.15, 0.2) is 11.5 Å². The van der Waals surface area contributed by atoms with Crippen molar-refractivity contribution in [1.29, 1.82) is 5.26 Å². The summed E-state index contributed by atoms with van der Waals surface area (Å²) >= 11 is 6.87. The number of carbonyl (C=O) groups excluding carboxylic acids is 1. The van der Waals surface area contributed by atoms with Gasteiger partial charge in [-0.25, -0.2) is 0 Å². The fraction of sp³-hybridized carbons (Fsp3) is 0.448. The minimum Gasteiger partial charge on any atom is -0.493 e. The van der Waals surface area contributed by atoms with E-state index in [1.807, 2.05) is 31.2 Å². The Kier molecular flexibility index (Phi) is 9.56. The summed E-state index contributed by atoms with van der Waals surface area (Å²) in [5.74, 6) is 1.87. The SMILES string of the molecule is CCCn1c(N2CCN(C)CC2)c(/C=C2/SC(=S)N(CCc3ccc(OC)c(OC)c3)C2=O)c(C)c(C#N)c1=O. The number of hydrogen-bond acceptors (Lipinski definition) is 9. The van der Waals surface area contributed by atoms with Gasteiger partial charge in [0.1, 0.15) is 21.8 Å². The highest BCUT2D eigenvalue weighted by molar-refractivity contribution is 8.26. The average Bonchev–Trinajstić information content (AvgIpc) is 3.22. The Balaban J connectivity index is 1.69. The highest BCUT2D eigenvalue weighted by atomic mass is 32.2. The van der Waals surface area contributed by atoms with E-state index >= 15 is 0 Å². The standard InChI is InChI=1S/C29H35N5O4S2/c1-6-10-33-26(32-14-12-31(3)13-15-32)21(19(2)22(18-30)27(33)35)17-25-28(36)34(29(39)40-25)11-9-20-7-8-23(37-4)24(16-20)38-5/h7-8,16-17H,6,9-15H2,1-5H3/b25-17+. The first-order valence-electron chi connectivity index (χ1n) is 13.3. The number of ether oxygens (including phenoxy) is 2. The first-order valence-corrected chi connectivity index (χ1v) is 14.5. The quantitative estimate of drug-likeness (QED) is 0.325. The zero-order valence-electron chi connectivity index (χ0n) is 23.7. The fourth-order valence-corrected chi connectivity index (χ4v) is 6.33. The third kappa shape index (κ3) is 5.89. The number of hydrogen-bond donors (Lipinski definition) is 0. The van der Waals surface area contributed by atoms with E-state index < -0.39 is 0 Å². The molecule has 0 saturated carbocycles. The third-order valence-corrected chi connectivity index (χ3v) is 8.70. The first kappa shape index (κ1) is 29.6. The van der Waals surface area contributed by atoms with Gasteiger partial charge in [-0.05, 0) is 56.1 Å². The summed E-state index contributed by atoms with van der Waals surface area (Å²) in [5.41, 5.74) is 2.14. The number of anilines is 1. The lowest BCUT2D eigenvalue weighted by Crippen LogP contribution is -2.47. The van der Waals surface area contributed by atoms with Crippen molar-refractivity contribution in [3.8, 4) is 17.6 Å². The van der Waals surface area contributed by atoms with E-state index in [4.69, 9.17) is 21.7 Å². The highest BCUT2D eigenvalue weighted by Crippen LogP contribution is 2.36. The van der Waals surface area contributed by atoms with Crippen LogP contribution in [0.1, 0.15) is 35.6 Å². The number of nitrogens with zero attached hydrogens (tertiary/aromatic N) is 5. The maximum Gasteiger partial charge on any atom is 0.270 e. The van der Waals surface area contributed by atoms with E-state index in [0.29, 0.717) is 45.8 Å². The van der Waals surface area contributed by atoms with E-state index in [9.17, 15) is 14.9 Å². The Labute approximate surface area is 244 Å². The monoisotopic (exact) mass is 581 g/mol. The molecule has 1 amide bonds. The molecule has 0 aliphatic carbocycles. The molecule has 0 N–H and O–H groups in total. The highest BCUT2D eigenvalue weighted by Gasteiger charge is 2.33. The number of benzene rings is 1. The van der Waals surface area contributed by atoms with Gasteiger partial charge in [0.05, 0.1) is 19.1 Å². The Morgan fingerprint density at radius 3 is 2.42 bits per heavy atom. The van der Waals surface area contributed by atoms with Crippen molar-refractivity contribution < 1.29 is 14.3 Å². The number of likely N-dealkylation sites (N-methyl/N-ethyl adjacent to an activating group) is 1. The van der Waals surface area contributed by atoms with Crippen LogP contribution >= 0.6 is 24.0 Å². The molecule has 0 atom stereocenters. The van der Waals surface area contributed by atoms with Crippen molar-refractivity contribution in [2.75, 3.05) is 58.9 Å². The second-order valence-electron chi connectivity index (χ2n) is 9.87. The van der Waals surface area contributed by atoms with E-state index in [1.54, 1.807) is 30.6 Å². The van der Waals surface area contributed by atoms with E-state index in [1.165, 1.54) is 11.8 Å². The number of piperazine rings is 1. The molecule has 2 aliphatic rings. The number of nitriles is 1. The van der Waals surface area contributed by atoms with Crippen LogP contribution in [0, 0.1) is 18.3 Å². The number of methoxy groups -OCH3 is 2. The molecule has 4 rings (SSSR count). The predicted octanol–water partition coefficient (Wildman–Crippen LogP) is 3.65. The van der Waals surface area contributed by atoms with Crippen LogP contribution in [-0.4, -0.2) is 78.6 Å². The largest absolute Gasteiger partial charge is 0.493 e. The van der Waals surface area contributed by atoms with Crippen molar-refractivity contribution in [3.63, 3.8) is 0 Å². The Hall–Kier alpha value is -3.33. The van der Waals surface area contributed by atoms with Crippen molar-refractivity contribution in [1.82, 2.24) is 14.4 Å². The lowest BCUT2D eigenvalue weighted by Gasteiger charge is -2.36. The molecule has 1 aromatic carbocycles. The summed E-state index contributed by atoms with van der Waals surface area (Å²) in [4.78, 5) is 33.5. The summed E-state index contributed by atoms with van der Waals surface area (Å²) in [5, 5.41) is 9.88. The van der Waals surface area contributed by atoms with Crippen molar-refractivity contribution in [2.24, 2.45) is 0 Å². The van der Waals surface area contributed by atoms with Gasteiger partial charge in [-0.3, -0.25) is 19.1 Å². The molecule has 2 aliphatic heterocycles. The summed E-state index contributed by atoms with van der Waals surface area (Å²) in [6.07, 6.45) is 3.16. The summed E-state index contributed by atoms with van der Waals surface area (Å²) in [6, 6.07) is 7.81. The Bertz CT molecular complexity index is 1440. The van der Waals surface area contributed by atoms with Gasteiger partial charge >= 0.3 is 0 Å². The van der Waals surface area contributed by atoms with Crippen molar-refractivity contribution in [3.05, 3.63) is 55.7 Å². The van der Waals surface area contributed by atoms with Crippen LogP contribution in [-0.2, 0) is 17.8 Å². The lowest BCUT2D eigenvalue weighted by molar-refractivity contribution is -0.122. The van der Waals surface area contributed by atoms with Crippen LogP contribution < -0.4 is 19.9 Å². The minimum atomic E-state index is -0.282. The van der Waals surface area contributed by atoms with Crippen LogP contribution in [0.5, 0.6) is 11.5 Å². The molecule has 212 valence electrons. The molecule has 9 nitrogen and oxygen atoms in total. The summed E-state index contributed by atoms with van der Waals surface area (Å²) in [7, 11) is 5.26. The molecule has 3 heterocycles. The Morgan fingerprint density at radius 1 is 1.10 bits per heavy atom. The second kappa shape index (κ2) is 12.9. The number of thiocarbonyl (C=S) groups is 1. The number of pyridine rings is 1. The van der Waals surface area contributed by atoms with Gasteiger partial charge in [-0.2, -0.15) is 5.26 Å². The zero-order chi connectivity index (χ0) is 29.0. The van der Waals surface area contributed by atoms with Crippen LogP contribution in [0.4, 0.5) is 5.82 Å². The Morgan fingerprint density at radius 2 is 1.80 bits per heavy atom. The van der Waals surface area contributed by atoms with Crippen molar-refractivity contribution in [2.45, 2.75) is 33.2 Å². The molecule has 2 saturated heterocycles. The molecule has 2 aromatic rings. The molecule has 1 aromatic heterocycles. The van der Waals surface area contributed by atoms with Gasteiger partial charge in [-0.1, -0.05) is 37.0 Å². The van der Waals surface area contributed by atoms with Gasteiger partial charge in [0.2, 0.25) is 0 Å². The van der Waals surface area contributed by atoms with Gasteiger partial charge in [0.25, 0.3) is 11.5 Å². The van der Waals surface area contributed by atoms with E-state index in [0.717, 1.165) is 49.5 Å². The minimum absolute atomic E-state index is 0.113. The smallest absolute Gasteiger partial charge is 0.270 e. The average molecular weight is 582 g/mol. The van der Waals surface area contributed by atoms with Crippen molar-refractivity contribution >= 4 is 46.1 Å². The molecular weight excluding hydrogens is 546 g/mol. The molecule has 40 heavy (non-hydrogen) atoms. The van der Waals surface area contributed by atoms with Gasteiger partial charge in [-0.15, -0.1) is 0 Å².